The Hall–Kier alpha value is -3.52. The van der Waals surface area contributed by atoms with E-state index in [0.717, 1.165) is 47.9 Å². The van der Waals surface area contributed by atoms with Gasteiger partial charge in [-0.05, 0) is 65.4 Å². The van der Waals surface area contributed by atoms with E-state index in [1.165, 1.54) is 16.7 Å². The number of pyridine rings is 1. The molecule has 0 spiro atoms. The number of fused-ring (bicyclic) bond motifs is 2. The van der Waals surface area contributed by atoms with Crippen molar-refractivity contribution in [3.05, 3.63) is 112 Å². The lowest BCUT2D eigenvalue weighted by Crippen LogP contribution is -2.57. The van der Waals surface area contributed by atoms with E-state index in [1.807, 2.05) is 47.3 Å². The van der Waals surface area contributed by atoms with E-state index >= 15 is 0 Å². The molecule has 0 saturated carbocycles. The van der Waals surface area contributed by atoms with Gasteiger partial charge in [0.05, 0.1) is 18.1 Å². The molecule has 6 rings (SSSR count). The molecule has 0 unspecified atom stereocenters. The Morgan fingerprint density at radius 3 is 2.89 bits per heavy atom. The number of rotatable bonds is 5. The zero-order chi connectivity index (χ0) is 25.2. The van der Waals surface area contributed by atoms with Crippen molar-refractivity contribution in [3.63, 3.8) is 0 Å². The summed E-state index contributed by atoms with van der Waals surface area (Å²) in [5.74, 6) is -0.0239. The van der Waals surface area contributed by atoms with Crippen LogP contribution >= 0.6 is 11.6 Å². The lowest BCUT2D eigenvalue weighted by molar-refractivity contribution is -0.122. The van der Waals surface area contributed by atoms with Crippen molar-refractivity contribution >= 4 is 23.2 Å². The number of aromatic nitrogens is 3. The molecule has 2 atom stereocenters. The molecule has 1 amide bonds. The Balaban J connectivity index is 1.31. The number of piperazine rings is 1. The molecule has 3 heterocycles. The molecule has 1 fully saturated rings. The van der Waals surface area contributed by atoms with E-state index in [0.29, 0.717) is 13.1 Å². The van der Waals surface area contributed by atoms with Gasteiger partial charge in [-0.15, -0.1) is 0 Å². The summed E-state index contributed by atoms with van der Waals surface area (Å²) in [7, 11) is 0. The topological polar surface area (TPSA) is 75.1 Å². The number of imidazole rings is 1. The normalized spacial score (nSPS) is 19.5. The number of halogens is 1. The van der Waals surface area contributed by atoms with E-state index in [9.17, 15) is 4.79 Å². The molecular weight excluding hydrogens is 484 g/mol. The molecule has 1 aliphatic heterocycles. The van der Waals surface area contributed by atoms with Crippen molar-refractivity contribution < 1.29 is 4.79 Å². The van der Waals surface area contributed by atoms with Crippen LogP contribution in [-0.4, -0.2) is 51.0 Å². The first-order chi connectivity index (χ1) is 18.2. The minimum absolute atomic E-state index is 0.0239. The second kappa shape index (κ2) is 10.5. The van der Waals surface area contributed by atoms with Crippen LogP contribution in [0, 0.1) is 0 Å². The number of nitrogens with zero attached hydrogens (tertiary/aromatic N) is 4. The molecule has 37 heavy (non-hydrogen) atoms. The highest BCUT2D eigenvalue weighted by molar-refractivity contribution is 6.30. The Morgan fingerprint density at radius 1 is 1.08 bits per heavy atom. The Kier molecular flexibility index (Phi) is 6.74. The summed E-state index contributed by atoms with van der Waals surface area (Å²) in [6, 6.07) is 17.8. The fraction of sp³-hybridized carbons (Fsp3) is 0.276. The van der Waals surface area contributed by atoms with Gasteiger partial charge in [0.2, 0.25) is 5.91 Å². The van der Waals surface area contributed by atoms with Crippen molar-refractivity contribution in [1.29, 1.82) is 0 Å². The minimum atomic E-state index is -0.354. The van der Waals surface area contributed by atoms with Crippen LogP contribution in [0.1, 0.15) is 34.0 Å². The third-order valence-corrected chi connectivity index (χ3v) is 7.52. The lowest BCUT2D eigenvalue weighted by atomic mass is 9.94. The van der Waals surface area contributed by atoms with Crippen LogP contribution in [0.25, 0.3) is 0 Å². The van der Waals surface area contributed by atoms with Crippen molar-refractivity contribution in [2.45, 2.75) is 31.5 Å². The number of hydrogen-bond donors (Lipinski definition) is 2. The van der Waals surface area contributed by atoms with Gasteiger partial charge in [-0.1, -0.05) is 35.9 Å². The zero-order valence-corrected chi connectivity index (χ0v) is 21.2. The largest absolute Gasteiger partial charge is 0.333 e. The summed E-state index contributed by atoms with van der Waals surface area (Å²) in [6.07, 6.45) is 9.15. The predicted molar refractivity (Wildman–Crippen MR) is 145 cm³/mol. The van der Waals surface area contributed by atoms with Gasteiger partial charge >= 0.3 is 0 Å². The number of hydrogen-bond acceptors (Lipinski definition) is 5. The fourth-order valence-corrected chi connectivity index (χ4v) is 5.75. The third kappa shape index (κ3) is 5.03. The maximum Gasteiger partial charge on any atom is 0.243 e. The first-order valence-electron chi connectivity index (χ1n) is 12.7. The lowest BCUT2D eigenvalue weighted by Gasteiger charge is -2.41. The monoisotopic (exact) mass is 512 g/mol. The van der Waals surface area contributed by atoms with Gasteiger partial charge in [0.1, 0.15) is 6.04 Å². The van der Waals surface area contributed by atoms with E-state index < -0.39 is 0 Å². The molecule has 4 aromatic rings. The molecule has 1 aliphatic carbocycles. The van der Waals surface area contributed by atoms with Gasteiger partial charge in [0, 0.05) is 55.5 Å². The van der Waals surface area contributed by atoms with Crippen LogP contribution in [0.5, 0.6) is 0 Å². The number of amides is 1. The molecular formula is C29H29ClN6O. The number of nitrogens with one attached hydrogen (secondary N) is 2. The number of anilines is 1. The molecule has 188 valence electrons. The molecule has 2 aromatic heterocycles. The van der Waals surface area contributed by atoms with Gasteiger partial charge in [-0.25, -0.2) is 4.98 Å². The SMILES string of the molecule is O=C(Nc1cccc(Cn2ccnc2)c1)[C@H]1CNCCN1[C@@H]1c2ccc(Cl)cc2CCc2cccnc21. The average molecular weight is 513 g/mol. The van der Waals surface area contributed by atoms with Gasteiger partial charge in [-0.2, -0.15) is 0 Å². The molecule has 1 saturated heterocycles. The maximum atomic E-state index is 13.8. The number of carbonyl (C=O) groups excluding carboxylic acids is 1. The highest BCUT2D eigenvalue weighted by atomic mass is 35.5. The molecule has 0 radical (unpaired) electrons. The Labute approximate surface area is 221 Å². The average Bonchev–Trinajstić information content (AvgIpc) is 3.37. The van der Waals surface area contributed by atoms with E-state index in [4.69, 9.17) is 16.6 Å². The predicted octanol–water partition coefficient (Wildman–Crippen LogP) is 4.08. The van der Waals surface area contributed by atoms with Gasteiger partial charge in [0.15, 0.2) is 0 Å². The summed E-state index contributed by atoms with van der Waals surface area (Å²) >= 11 is 6.39. The first-order valence-corrected chi connectivity index (χ1v) is 13.1. The summed E-state index contributed by atoms with van der Waals surface area (Å²) in [4.78, 5) is 25.0. The highest BCUT2D eigenvalue weighted by Gasteiger charge is 2.38. The highest BCUT2D eigenvalue weighted by Crippen LogP contribution is 2.38. The quantitative estimate of drug-likeness (QED) is 0.421. The minimum Gasteiger partial charge on any atom is -0.333 e. The molecule has 8 heteroatoms. The van der Waals surface area contributed by atoms with Gasteiger partial charge < -0.3 is 15.2 Å². The van der Waals surface area contributed by atoms with E-state index in [1.54, 1.807) is 12.5 Å². The van der Waals surface area contributed by atoms with Gasteiger partial charge in [0.25, 0.3) is 0 Å². The van der Waals surface area contributed by atoms with Crippen LogP contribution in [0.4, 0.5) is 5.69 Å². The van der Waals surface area contributed by atoms with Crippen LogP contribution in [0.3, 0.4) is 0 Å². The summed E-state index contributed by atoms with van der Waals surface area (Å²) in [6.45, 7) is 2.82. The Bertz CT molecular complexity index is 1410. The standard InChI is InChI=1S/C29H29ClN6O/c30-23-8-9-25-22(16-23)7-6-21-4-2-10-33-27(21)28(25)36-14-12-31-17-26(36)29(37)34-24-5-1-3-20(15-24)18-35-13-11-32-19-35/h1-5,8-11,13,15-16,19,26,28,31H,6-7,12,14,17-18H2,(H,34,37)/t26-,28-/m1/s1. The molecule has 2 aromatic carbocycles. The van der Waals surface area contributed by atoms with Crippen molar-refractivity contribution in [3.8, 4) is 0 Å². The van der Waals surface area contributed by atoms with Crippen LogP contribution in [-0.2, 0) is 24.2 Å². The van der Waals surface area contributed by atoms with Crippen LogP contribution in [0.15, 0.2) is 79.5 Å². The Morgan fingerprint density at radius 2 is 2.00 bits per heavy atom. The third-order valence-electron chi connectivity index (χ3n) is 7.29. The summed E-state index contributed by atoms with van der Waals surface area (Å²) in [5, 5.41) is 7.35. The maximum absolute atomic E-state index is 13.8. The summed E-state index contributed by atoms with van der Waals surface area (Å²) in [5.41, 5.74) is 6.56. The second-order valence-corrected chi connectivity index (χ2v) is 10.1. The summed E-state index contributed by atoms with van der Waals surface area (Å²) < 4.78 is 2.01. The smallest absolute Gasteiger partial charge is 0.243 e. The second-order valence-electron chi connectivity index (χ2n) is 9.68. The van der Waals surface area contributed by atoms with Gasteiger partial charge in [-0.3, -0.25) is 14.7 Å². The zero-order valence-electron chi connectivity index (χ0n) is 20.5. The van der Waals surface area contributed by atoms with E-state index in [-0.39, 0.29) is 18.0 Å². The number of carbonyl (C=O) groups is 1. The van der Waals surface area contributed by atoms with Crippen LogP contribution < -0.4 is 10.6 Å². The number of benzene rings is 2. The van der Waals surface area contributed by atoms with Crippen molar-refractivity contribution in [1.82, 2.24) is 24.8 Å². The van der Waals surface area contributed by atoms with Crippen molar-refractivity contribution in [2.75, 3.05) is 25.0 Å². The molecule has 2 N–H and O–H groups in total. The number of aryl methyl sites for hydroxylation is 2. The molecule has 7 nitrogen and oxygen atoms in total. The van der Waals surface area contributed by atoms with Crippen LogP contribution in [0.2, 0.25) is 5.02 Å². The van der Waals surface area contributed by atoms with Crippen molar-refractivity contribution in [2.24, 2.45) is 0 Å². The molecule has 0 bridgehead atoms. The first kappa shape index (κ1) is 23.9. The molecule has 2 aliphatic rings. The van der Waals surface area contributed by atoms with E-state index in [2.05, 4.69) is 44.8 Å². The fourth-order valence-electron chi connectivity index (χ4n) is 5.55.